The summed E-state index contributed by atoms with van der Waals surface area (Å²) in [4.78, 5) is 16.5. The molecule has 2 N–H and O–H groups in total. The highest BCUT2D eigenvalue weighted by Gasteiger charge is 2.14. The van der Waals surface area contributed by atoms with Crippen LogP contribution in [0.3, 0.4) is 0 Å². The molecule has 5 rings (SSSR count). The van der Waals surface area contributed by atoms with Gasteiger partial charge in [-0.15, -0.1) is 11.8 Å². The lowest BCUT2D eigenvalue weighted by atomic mass is 10.2. The Balaban J connectivity index is 1.32. The van der Waals surface area contributed by atoms with Crippen molar-refractivity contribution in [2.45, 2.75) is 10.6 Å². The number of aromatic nitrogens is 3. The Labute approximate surface area is 174 Å². The summed E-state index contributed by atoms with van der Waals surface area (Å²) in [7, 11) is 0. The lowest BCUT2D eigenvalue weighted by molar-refractivity contribution is 0.585. The second-order valence-electron chi connectivity index (χ2n) is 7.16. The lowest BCUT2D eigenvalue weighted by Crippen LogP contribution is -2.43. The van der Waals surface area contributed by atoms with Crippen molar-refractivity contribution in [3.63, 3.8) is 0 Å². The maximum Gasteiger partial charge on any atom is 0.180 e. The highest BCUT2D eigenvalue weighted by Crippen LogP contribution is 2.27. The van der Waals surface area contributed by atoms with Gasteiger partial charge in [0.1, 0.15) is 11.6 Å². The molecule has 1 saturated heterocycles. The van der Waals surface area contributed by atoms with E-state index < -0.39 is 0 Å². The molecule has 0 bridgehead atoms. The second-order valence-corrected chi connectivity index (χ2v) is 8.21. The normalized spacial score (nSPS) is 14.4. The first-order chi connectivity index (χ1) is 14.3. The van der Waals surface area contributed by atoms with Crippen LogP contribution in [-0.4, -0.2) is 41.1 Å². The van der Waals surface area contributed by atoms with Gasteiger partial charge in [-0.25, -0.2) is 9.97 Å². The molecule has 4 aromatic rings. The number of pyridine rings is 1. The minimum absolute atomic E-state index is 0.776. The highest BCUT2D eigenvalue weighted by molar-refractivity contribution is 7.98. The first-order valence-corrected chi connectivity index (χ1v) is 10.9. The van der Waals surface area contributed by atoms with Crippen LogP contribution in [0, 0.1) is 0 Å². The van der Waals surface area contributed by atoms with Gasteiger partial charge >= 0.3 is 0 Å². The molecule has 2 aromatic heterocycles. The summed E-state index contributed by atoms with van der Waals surface area (Å²) in [6.07, 6.45) is 0. The number of thioether (sulfide) groups is 1. The van der Waals surface area contributed by atoms with Crippen LogP contribution in [0.5, 0.6) is 0 Å². The summed E-state index contributed by atoms with van der Waals surface area (Å²) in [5.41, 5.74) is 4.17. The molecule has 0 atom stereocenters. The third-order valence-corrected chi connectivity index (χ3v) is 6.23. The molecule has 1 aliphatic heterocycles. The Bertz CT molecular complexity index is 1090. The number of piperazine rings is 1. The first-order valence-electron chi connectivity index (χ1n) is 9.95. The van der Waals surface area contributed by atoms with Gasteiger partial charge < -0.3 is 15.2 Å². The fraction of sp³-hybridized carbons (Fsp3) is 0.217. The molecule has 1 fully saturated rings. The highest BCUT2D eigenvalue weighted by atomic mass is 32.2. The van der Waals surface area contributed by atoms with Crippen LogP contribution in [0.15, 0.2) is 71.6 Å². The second kappa shape index (κ2) is 8.27. The number of aromatic amines is 1. The summed E-state index contributed by atoms with van der Waals surface area (Å²) in [5, 5.41) is 3.38. The zero-order valence-electron chi connectivity index (χ0n) is 16.1. The zero-order valence-corrected chi connectivity index (χ0v) is 17.0. The molecule has 0 aliphatic carbocycles. The number of anilines is 1. The number of H-pyrrole nitrogens is 1. The number of nitrogens with one attached hydrogen (secondary N) is 2. The number of benzene rings is 2. The van der Waals surface area contributed by atoms with Crippen LogP contribution in [-0.2, 0) is 5.75 Å². The predicted molar refractivity (Wildman–Crippen MR) is 120 cm³/mol. The minimum atomic E-state index is 0.776. The molecular formula is C23H23N5S. The molecule has 1 aliphatic rings. The Morgan fingerprint density at radius 3 is 2.45 bits per heavy atom. The average molecular weight is 402 g/mol. The molecule has 3 heterocycles. The maximum atomic E-state index is 4.78. The number of hydrogen-bond donors (Lipinski definition) is 2. The van der Waals surface area contributed by atoms with Crippen molar-refractivity contribution in [3.8, 4) is 11.4 Å². The van der Waals surface area contributed by atoms with Gasteiger partial charge in [0.15, 0.2) is 5.65 Å². The molecule has 29 heavy (non-hydrogen) atoms. The van der Waals surface area contributed by atoms with E-state index in [1.807, 2.05) is 11.8 Å². The van der Waals surface area contributed by atoms with Crippen molar-refractivity contribution >= 4 is 28.7 Å². The molecule has 0 spiro atoms. The Kier molecular flexibility index (Phi) is 5.19. The monoisotopic (exact) mass is 401 g/mol. The van der Waals surface area contributed by atoms with E-state index in [0.717, 1.165) is 60.3 Å². The number of nitrogens with zero attached hydrogens (tertiary/aromatic N) is 3. The van der Waals surface area contributed by atoms with Crippen molar-refractivity contribution in [1.29, 1.82) is 0 Å². The average Bonchev–Trinajstić information content (AvgIpc) is 3.23. The molecule has 2 aromatic carbocycles. The van der Waals surface area contributed by atoms with Crippen molar-refractivity contribution in [3.05, 3.63) is 72.3 Å². The summed E-state index contributed by atoms with van der Waals surface area (Å²) in [5.74, 6) is 2.85. The molecule has 0 saturated carbocycles. The van der Waals surface area contributed by atoms with Gasteiger partial charge in [-0.05, 0) is 29.8 Å². The van der Waals surface area contributed by atoms with Gasteiger partial charge in [0.25, 0.3) is 0 Å². The molecule has 5 nitrogen and oxygen atoms in total. The standard InChI is InChI=1S/C23H23N5S/c1-2-4-17(5-3-1)16-29-19-8-6-18(7-9-19)22-25-20-10-11-21(26-23(20)27-22)28-14-12-24-13-15-28/h1-11,24H,12-16H2,(H,25,26,27). The Hall–Kier alpha value is -2.83. The van der Waals surface area contributed by atoms with Gasteiger partial charge in [0.05, 0.1) is 5.52 Å². The summed E-state index contributed by atoms with van der Waals surface area (Å²) in [6, 6.07) is 23.3. The predicted octanol–water partition coefficient (Wildman–Crippen LogP) is 4.33. The van der Waals surface area contributed by atoms with E-state index >= 15 is 0 Å². The van der Waals surface area contributed by atoms with E-state index in [1.165, 1.54) is 10.5 Å². The molecule has 146 valence electrons. The van der Waals surface area contributed by atoms with Crippen molar-refractivity contribution in [2.24, 2.45) is 0 Å². The molecule has 0 radical (unpaired) electrons. The largest absolute Gasteiger partial charge is 0.354 e. The van der Waals surface area contributed by atoms with E-state index in [1.54, 1.807) is 0 Å². The topological polar surface area (TPSA) is 56.8 Å². The smallest absolute Gasteiger partial charge is 0.180 e. The number of fused-ring (bicyclic) bond motifs is 1. The van der Waals surface area contributed by atoms with Crippen LogP contribution in [0.25, 0.3) is 22.6 Å². The van der Waals surface area contributed by atoms with Crippen molar-refractivity contribution in [1.82, 2.24) is 20.3 Å². The van der Waals surface area contributed by atoms with Gasteiger partial charge in [0.2, 0.25) is 0 Å². The van der Waals surface area contributed by atoms with Crippen LogP contribution < -0.4 is 10.2 Å². The molecule has 0 amide bonds. The van der Waals surface area contributed by atoms with Crippen LogP contribution >= 0.6 is 11.8 Å². The number of rotatable bonds is 5. The minimum Gasteiger partial charge on any atom is -0.354 e. The summed E-state index contributed by atoms with van der Waals surface area (Å²) >= 11 is 1.85. The molecule has 0 unspecified atom stereocenters. The fourth-order valence-corrected chi connectivity index (χ4v) is 4.39. The summed E-state index contributed by atoms with van der Waals surface area (Å²) < 4.78 is 0. The summed E-state index contributed by atoms with van der Waals surface area (Å²) in [6.45, 7) is 3.97. The van der Waals surface area contributed by atoms with Crippen molar-refractivity contribution < 1.29 is 0 Å². The Morgan fingerprint density at radius 2 is 1.66 bits per heavy atom. The lowest BCUT2D eigenvalue weighted by Gasteiger charge is -2.28. The van der Waals surface area contributed by atoms with Gasteiger partial charge in [0, 0.05) is 42.4 Å². The molecule has 6 heteroatoms. The Morgan fingerprint density at radius 1 is 0.862 bits per heavy atom. The molecular weight excluding hydrogens is 378 g/mol. The van der Waals surface area contributed by atoms with Crippen molar-refractivity contribution in [2.75, 3.05) is 31.1 Å². The van der Waals surface area contributed by atoms with Crippen LogP contribution in [0.1, 0.15) is 5.56 Å². The third kappa shape index (κ3) is 4.13. The SMILES string of the molecule is c1ccc(CSc2ccc(-c3nc4nc(N5CCNCC5)ccc4[nH]3)cc2)cc1. The first kappa shape index (κ1) is 18.2. The van der Waals surface area contributed by atoms with E-state index in [2.05, 4.69) is 81.9 Å². The zero-order chi connectivity index (χ0) is 19.5. The van der Waals surface area contributed by atoms with Crippen LogP contribution in [0.4, 0.5) is 5.82 Å². The van der Waals surface area contributed by atoms with Gasteiger partial charge in [-0.2, -0.15) is 0 Å². The quantitative estimate of drug-likeness (QED) is 0.488. The van der Waals surface area contributed by atoms with E-state index in [0.29, 0.717) is 0 Å². The number of hydrogen-bond acceptors (Lipinski definition) is 5. The fourth-order valence-electron chi connectivity index (χ4n) is 3.54. The maximum absolute atomic E-state index is 4.78. The van der Waals surface area contributed by atoms with Gasteiger partial charge in [-0.1, -0.05) is 42.5 Å². The third-order valence-electron chi connectivity index (χ3n) is 5.15. The van der Waals surface area contributed by atoms with Gasteiger partial charge in [-0.3, -0.25) is 0 Å². The van der Waals surface area contributed by atoms with E-state index in [9.17, 15) is 0 Å². The van der Waals surface area contributed by atoms with E-state index in [4.69, 9.17) is 9.97 Å². The number of imidazole rings is 1. The van der Waals surface area contributed by atoms with E-state index in [-0.39, 0.29) is 0 Å². The van der Waals surface area contributed by atoms with Crippen LogP contribution in [0.2, 0.25) is 0 Å².